The van der Waals surface area contributed by atoms with Gasteiger partial charge < -0.3 is 5.73 Å². The third-order valence-electron chi connectivity index (χ3n) is 3.02. The van der Waals surface area contributed by atoms with Gasteiger partial charge >= 0.3 is 0 Å². The molecular formula is C12H17IN2. The zero-order valence-electron chi connectivity index (χ0n) is 8.82. The first kappa shape index (κ1) is 11.4. The summed E-state index contributed by atoms with van der Waals surface area (Å²) in [7, 11) is 0. The van der Waals surface area contributed by atoms with Crippen LogP contribution in [0.4, 0.5) is 0 Å². The fourth-order valence-electron chi connectivity index (χ4n) is 2.10. The highest BCUT2D eigenvalue weighted by molar-refractivity contribution is 14.1. The maximum Gasteiger partial charge on any atom is 0.0233 e. The van der Waals surface area contributed by atoms with Crippen LogP contribution >= 0.6 is 22.6 Å². The van der Waals surface area contributed by atoms with Crippen molar-refractivity contribution in [2.24, 2.45) is 11.7 Å². The summed E-state index contributed by atoms with van der Waals surface area (Å²) in [6.45, 7) is 4.28. The fourth-order valence-corrected chi connectivity index (χ4v) is 2.46. The minimum Gasteiger partial charge on any atom is -0.330 e. The van der Waals surface area contributed by atoms with Gasteiger partial charge in [-0.05, 0) is 65.7 Å². The summed E-state index contributed by atoms with van der Waals surface area (Å²) >= 11 is 2.34. The van der Waals surface area contributed by atoms with E-state index in [0.29, 0.717) is 5.92 Å². The molecule has 2 N–H and O–H groups in total. The van der Waals surface area contributed by atoms with Crippen LogP contribution in [-0.4, -0.2) is 24.5 Å². The average Bonchev–Trinajstić information content (AvgIpc) is 2.69. The van der Waals surface area contributed by atoms with E-state index in [1.807, 2.05) is 0 Å². The lowest BCUT2D eigenvalue weighted by molar-refractivity contribution is 0.318. The molecule has 2 nitrogen and oxygen atoms in total. The first-order chi connectivity index (χ1) is 7.28. The summed E-state index contributed by atoms with van der Waals surface area (Å²) in [6, 6.07) is 8.79. The molecule has 0 aliphatic carbocycles. The maximum absolute atomic E-state index is 5.68. The second-order valence-corrected chi connectivity index (χ2v) is 5.50. The van der Waals surface area contributed by atoms with E-state index in [9.17, 15) is 0 Å². The summed E-state index contributed by atoms with van der Waals surface area (Å²) in [5.74, 6) is 0.717. The average molecular weight is 316 g/mol. The molecule has 1 atom stereocenters. The molecular weight excluding hydrogens is 299 g/mol. The maximum atomic E-state index is 5.68. The quantitative estimate of drug-likeness (QED) is 0.865. The van der Waals surface area contributed by atoms with Gasteiger partial charge in [-0.3, -0.25) is 4.90 Å². The molecule has 1 aliphatic heterocycles. The van der Waals surface area contributed by atoms with Crippen LogP contribution in [0.1, 0.15) is 12.0 Å². The van der Waals surface area contributed by atoms with Crippen molar-refractivity contribution in [3.8, 4) is 0 Å². The van der Waals surface area contributed by atoms with E-state index in [-0.39, 0.29) is 0 Å². The normalized spacial score (nSPS) is 22.1. The van der Waals surface area contributed by atoms with Crippen LogP contribution in [-0.2, 0) is 6.54 Å². The molecule has 0 aromatic heterocycles. The van der Waals surface area contributed by atoms with Crippen molar-refractivity contribution < 1.29 is 0 Å². The summed E-state index contributed by atoms with van der Waals surface area (Å²) in [4.78, 5) is 2.50. The molecule has 82 valence electrons. The first-order valence-corrected chi connectivity index (χ1v) is 6.52. The second kappa shape index (κ2) is 5.27. The van der Waals surface area contributed by atoms with Gasteiger partial charge in [-0.2, -0.15) is 0 Å². The summed E-state index contributed by atoms with van der Waals surface area (Å²) in [5.41, 5.74) is 7.09. The van der Waals surface area contributed by atoms with Gasteiger partial charge in [0.15, 0.2) is 0 Å². The van der Waals surface area contributed by atoms with Gasteiger partial charge in [0.25, 0.3) is 0 Å². The third kappa shape index (κ3) is 3.16. The van der Waals surface area contributed by atoms with Gasteiger partial charge in [0, 0.05) is 16.7 Å². The highest BCUT2D eigenvalue weighted by Gasteiger charge is 2.20. The number of rotatable bonds is 3. The standard InChI is InChI=1S/C12H17IN2/c13-12-3-1-10(2-4-12)8-15-6-5-11(7-14)9-15/h1-4,11H,5-9,14H2. The minimum atomic E-state index is 0.717. The Morgan fingerprint density at radius 3 is 2.67 bits per heavy atom. The summed E-state index contributed by atoms with van der Waals surface area (Å²) < 4.78 is 1.30. The van der Waals surface area contributed by atoms with Crippen molar-refractivity contribution in [2.45, 2.75) is 13.0 Å². The van der Waals surface area contributed by atoms with Crippen LogP contribution in [0.2, 0.25) is 0 Å². The lowest BCUT2D eigenvalue weighted by Gasteiger charge is -2.15. The van der Waals surface area contributed by atoms with Crippen LogP contribution in [0.25, 0.3) is 0 Å². The lowest BCUT2D eigenvalue weighted by atomic mass is 10.1. The third-order valence-corrected chi connectivity index (χ3v) is 3.74. The van der Waals surface area contributed by atoms with Gasteiger partial charge in [0.2, 0.25) is 0 Å². The Balaban J connectivity index is 1.90. The highest BCUT2D eigenvalue weighted by atomic mass is 127. The van der Waals surface area contributed by atoms with Crippen LogP contribution in [0.3, 0.4) is 0 Å². The van der Waals surface area contributed by atoms with Crippen LogP contribution in [0.5, 0.6) is 0 Å². The van der Waals surface area contributed by atoms with Crippen molar-refractivity contribution in [1.29, 1.82) is 0 Å². The predicted octanol–water partition coefficient (Wildman–Crippen LogP) is 2.07. The zero-order chi connectivity index (χ0) is 10.7. The summed E-state index contributed by atoms with van der Waals surface area (Å²) in [6.07, 6.45) is 1.26. The summed E-state index contributed by atoms with van der Waals surface area (Å²) in [5, 5.41) is 0. The van der Waals surface area contributed by atoms with Crippen molar-refractivity contribution >= 4 is 22.6 Å². The largest absolute Gasteiger partial charge is 0.330 e. The molecule has 0 radical (unpaired) electrons. The molecule has 1 heterocycles. The number of halogens is 1. The van der Waals surface area contributed by atoms with E-state index in [0.717, 1.165) is 13.1 Å². The molecule has 3 heteroatoms. The monoisotopic (exact) mass is 316 g/mol. The van der Waals surface area contributed by atoms with Gasteiger partial charge in [0.05, 0.1) is 0 Å². The van der Waals surface area contributed by atoms with Crippen molar-refractivity contribution in [1.82, 2.24) is 4.90 Å². The van der Waals surface area contributed by atoms with Crippen LogP contribution < -0.4 is 5.73 Å². The topological polar surface area (TPSA) is 29.3 Å². The van der Waals surface area contributed by atoms with E-state index in [1.165, 1.54) is 28.6 Å². The smallest absolute Gasteiger partial charge is 0.0233 e. The Bertz CT molecular complexity index is 310. The molecule has 15 heavy (non-hydrogen) atoms. The zero-order valence-corrected chi connectivity index (χ0v) is 11.0. The van der Waals surface area contributed by atoms with Gasteiger partial charge in [-0.15, -0.1) is 0 Å². The fraction of sp³-hybridized carbons (Fsp3) is 0.500. The number of hydrogen-bond acceptors (Lipinski definition) is 2. The molecule has 0 amide bonds. The van der Waals surface area contributed by atoms with E-state index >= 15 is 0 Å². The van der Waals surface area contributed by atoms with Gasteiger partial charge in [-0.1, -0.05) is 12.1 Å². The first-order valence-electron chi connectivity index (χ1n) is 5.45. The van der Waals surface area contributed by atoms with Crippen LogP contribution in [0, 0.1) is 9.49 Å². The van der Waals surface area contributed by atoms with E-state index in [4.69, 9.17) is 5.73 Å². The molecule has 0 spiro atoms. The van der Waals surface area contributed by atoms with E-state index < -0.39 is 0 Å². The van der Waals surface area contributed by atoms with E-state index in [1.54, 1.807) is 0 Å². The molecule has 1 unspecified atom stereocenters. The van der Waals surface area contributed by atoms with Crippen molar-refractivity contribution in [2.75, 3.05) is 19.6 Å². The minimum absolute atomic E-state index is 0.717. The Hall–Kier alpha value is -0.130. The van der Waals surface area contributed by atoms with Crippen molar-refractivity contribution in [3.63, 3.8) is 0 Å². The second-order valence-electron chi connectivity index (χ2n) is 4.25. The van der Waals surface area contributed by atoms with Gasteiger partial charge in [-0.25, -0.2) is 0 Å². The SMILES string of the molecule is NCC1CCN(Cc2ccc(I)cc2)C1. The van der Waals surface area contributed by atoms with E-state index in [2.05, 4.69) is 51.8 Å². The van der Waals surface area contributed by atoms with Crippen molar-refractivity contribution in [3.05, 3.63) is 33.4 Å². The Morgan fingerprint density at radius 1 is 1.33 bits per heavy atom. The number of benzene rings is 1. The Labute approximate surface area is 105 Å². The number of hydrogen-bond donors (Lipinski definition) is 1. The number of likely N-dealkylation sites (tertiary alicyclic amines) is 1. The predicted molar refractivity (Wildman–Crippen MR) is 71.6 cm³/mol. The molecule has 2 rings (SSSR count). The molecule has 0 bridgehead atoms. The highest BCUT2D eigenvalue weighted by Crippen LogP contribution is 2.18. The Morgan fingerprint density at radius 2 is 2.07 bits per heavy atom. The van der Waals surface area contributed by atoms with Gasteiger partial charge in [0.1, 0.15) is 0 Å². The molecule has 1 fully saturated rings. The Kier molecular flexibility index (Phi) is 3.99. The molecule has 1 aromatic carbocycles. The molecule has 1 aromatic rings. The lowest BCUT2D eigenvalue weighted by Crippen LogP contribution is -2.22. The molecule has 1 saturated heterocycles. The molecule has 0 saturated carbocycles. The molecule has 1 aliphatic rings. The number of nitrogens with zero attached hydrogens (tertiary/aromatic N) is 1. The number of nitrogens with two attached hydrogens (primary N) is 1. The van der Waals surface area contributed by atoms with Crippen LogP contribution in [0.15, 0.2) is 24.3 Å².